The fourth-order valence-corrected chi connectivity index (χ4v) is 1.91. The average Bonchev–Trinajstić information content (AvgIpc) is 2.28. The van der Waals surface area contributed by atoms with Gasteiger partial charge in [0.1, 0.15) is 0 Å². The molecule has 2 nitrogen and oxygen atoms in total. The number of hydrogen-bond donors (Lipinski definition) is 1. The summed E-state index contributed by atoms with van der Waals surface area (Å²) < 4.78 is 0.683. The summed E-state index contributed by atoms with van der Waals surface area (Å²) in [5.41, 5.74) is 0.483. The lowest BCUT2D eigenvalue weighted by Gasteiger charge is -2.11. The minimum atomic E-state index is -0.278. The van der Waals surface area contributed by atoms with Crippen LogP contribution < -0.4 is 5.32 Å². The molecule has 1 N–H and O–H groups in total. The van der Waals surface area contributed by atoms with Crippen molar-refractivity contribution in [3.05, 3.63) is 26.7 Å². The normalized spacial score (nSPS) is 12.3. The first-order chi connectivity index (χ1) is 7.47. The first-order valence-electron chi connectivity index (χ1n) is 4.47. The maximum atomic E-state index is 11.6. The van der Waals surface area contributed by atoms with Crippen molar-refractivity contribution in [2.75, 3.05) is 11.2 Å². The third-order valence-corrected chi connectivity index (χ3v) is 4.21. The van der Waals surface area contributed by atoms with Gasteiger partial charge in [-0.05, 0) is 28.1 Å². The Hall–Kier alpha value is 0.0400. The Kier molecular flexibility index (Phi) is 5.38. The highest BCUT2D eigenvalue weighted by atomic mass is 79.9. The Bertz CT molecular complexity index is 411. The molecule has 0 aromatic heterocycles. The lowest BCUT2D eigenvalue weighted by atomic mass is 10.2. The van der Waals surface area contributed by atoms with Crippen molar-refractivity contribution in [2.45, 2.75) is 6.92 Å². The second-order valence-corrected chi connectivity index (χ2v) is 5.19. The highest BCUT2D eigenvalue weighted by molar-refractivity contribution is 9.10. The molecule has 0 bridgehead atoms. The summed E-state index contributed by atoms with van der Waals surface area (Å²) in [6.45, 7) is 1.73. The van der Waals surface area contributed by atoms with Crippen LogP contribution in [0.2, 0.25) is 10.0 Å². The fourth-order valence-electron chi connectivity index (χ4n) is 0.948. The summed E-state index contributed by atoms with van der Waals surface area (Å²) in [5, 5.41) is 3.35. The maximum absolute atomic E-state index is 11.6. The van der Waals surface area contributed by atoms with E-state index >= 15 is 0 Å². The second kappa shape index (κ2) is 6.10. The van der Waals surface area contributed by atoms with Crippen LogP contribution >= 0.6 is 50.7 Å². The van der Waals surface area contributed by atoms with Gasteiger partial charge in [0, 0.05) is 16.3 Å². The first-order valence-corrected chi connectivity index (χ1v) is 6.56. The van der Waals surface area contributed by atoms with Crippen LogP contribution in [0.25, 0.3) is 0 Å². The van der Waals surface area contributed by atoms with Gasteiger partial charge in [0.25, 0.3) is 0 Å². The molecule has 1 aromatic rings. The molecule has 1 aromatic carbocycles. The van der Waals surface area contributed by atoms with Crippen LogP contribution in [0.15, 0.2) is 16.6 Å². The van der Waals surface area contributed by atoms with Gasteiger partial charge in [-0.1, -0.05) is 30.1 Å². The SMILES string of the molecule is CC(CCl)C(=O)Nc1ccc(Br)c(Cl)c1Cl. The van der Waals surface area contributed by atoms with Gasteiger partial charge in [-0.3, -0.25) is 4.79 Å². The van der Waals surface area contributed by atoms with Crippen molar-refractivity contribution in [3.63, 3.8) is 0 Å². The number of rotatable bonds is 3. The predicted octanol–water partition coefficient (Wildman–Crippen LogP) is 4.57. The molecular formula is C10H9BrCl3NO. The predicted molar refractivity (Wildman–Crippen MR) is 72.7 cm³/mol. The number of benzene rings is 1. The van der Waals surface area contributed by atoms with E-state index in [1.54, 1.807) is 19.1 Å². The Morgan fingerprint density at radius 2 is 2.06 bits per heavy atom. The van der Waals surface area contributed by atoms with Crippen LogP contribution in [-0.2, 0) is 4.79 Å². The van der Waals surface area contributed by atoms with Crippen molar-refractivity contribution in [2.24, 2.45) is 5.92 Å². The molecule has 1 unspecified atom stereocenters. The van der Waals surface area contributed by atoms with Crippen LogP contribution in [0, 0.1) is 5.92 Å². The van der Waals surface area contributed by atoms with Crippen LogP contribution in [0.1, 0.15) is 6.92 Å². The summed E-state index contributed by atoms with van der Waals surface area (Å²) in [5.74, 6) is -0.205. The topological polar surface area (TPSA) is 29.1 Å². The van der Waals surface area contributed by atoms with E-state index in [2.05, 4.69) is 21.2 Å². The monoisotopic (exact) mass is 343 g/mol. The van der Waals surface area contributed by atoms with Gasteiger partial charge < -0.3 is 5.32 Å². The Morgan fingerprint density at radius 1 is 1.44 bits per heavy atom. The highest BCUT2D eigenvalue weighted by Gasteiger charge is 2.15. The van der Waals surface area contributed by atoms with Gasteiger partial charge in [-0.2, -0.15) is 0 Å². The molecule has 0 fully saturated rings. The van der Waals surface area contributed by atoms with Gasteiger partial charge in [0.05, 0.1) is 15.7 Å². The smallest absolute Gasteiger partial charge is 0.228 e. The minimum Gasteiger partial charge on any atom is -0.324 e. The molecule has 0 saturated carbocycles. The summed E-state index contributed by atoms with van der Waals surface area (Å²) in [4.78, 5) is 11.6. The largest absolute Gasteiger partial charge is 0.324 e. The molecule has 1 amide bonds. The van der Waals surface area contributed by atoms with Gasteiger partial charge >= 0.3 is 0 Å². The van der Waals surface area contributed by atoms with Crippen molar-refractivity contribution in [3.8, 4) is 0 Å². The number of nitrogens with one attached hydrogen (secondary N) is 1. The van der Waals surface area contributed by atoms with E-state index in [1.807, 2.05) is 0 Å². The van der Waals surface area contributed by atoms with Crippen molar-refractivity contribution < 1.29 is 4.79 Å². The van der Waals surface area contributed by atoms with Crippen molar-refractivity contribution in [1.29, 1.82) is 0 Å². The molecule has 0 aliphatic heterocycles. The zero-order chi connectivity index (χ0) is 12.3. The Balaban J connectivity index is 2.91. The third kappa shape index (κ3) is 3.27. The third-order valence-electron chi connectivity index (χ3n) is 1.97. The fraction of sp³-hybridized carbons (Fsp3) is 0.300. The molecule has 0 saturated heterocycles. The van der Waals surface area contributed by atoms with Crippen molar-refractivity contribution >= 4 is 62.3 Å². The number of anilines is 1. The zero-order valence-electron chi connectivity index (χ0n) is 8.36. The molecule has 0 radical (unpaired) electrons. The van der Waals surface area contributed by atoms with E-state index in [9.17, 15) is 4.79 Å². The molecule has 16 heavy (non-hydrogen) atoms. The number of carbonyl (C=O) groups is 1. The van der Waals surface area contributed by atoms with E-state index in [0.29, 0.717) is 20.2 Å². The number of alkyl halides is 1. The number of hydrogen-bond acceptors (Lipinski definition) is 1. The zero-order valence-corrected chi connectivity index (χ0v) is 12.2. The van der Waals surface area contributed by atoms with Crippen LogP contribution in [0.5, 0.6) is 0 Å². The van der Waals surface area contributed by atoms with Crippen LogP contribution in [0.4, 0.5) is 5.69 Å². The summed E-state index contributed by atoms with van der Waals surface area (Å²) >= 11 is 20.7. The van der Waals surface area contributed by atoms with E-state index in [4.69, 9.17) is 34.8 Å². The second-order valence-electron chi connectivity index (χ2n) is 3.27. The lowest BCUT2D eigenvalue weighted by Crippen LogP contribution is -2.21. The van der Waals surface area contributed by atoms with Gasteiger partial charge in [-0.25, -0.2) is 0 Å². The maximum Gasteiger partial charge on any atom is 0.228 e. The molecule has 0 aliphatic rings. The van der Waals surface area contributed by atoms with E-state index in [1.165, 1.54) is 0 Å². The molecule has 0 spiro atoms. The number of halogens is 4. The Morgan fingerprint density at radius 3 is 2.62 bits per heavy atom. The van der Waals surface area contributed by atoms with E-state index in [-0.39, 0.29) is 17.7 Å². The van der Waals surface area contributed by atoms with Gasteiger partial charge in [0.2, 0.25) is 5.91 Å². The van der Waals surface area contributed by atoms with E-state index in [0.717, 1.165) is 0 Å². The van der Waals surface area contributed by atoms with Crippen molar-refractivity contribution in [1.82, 2.24) is 0 Å². The molecule has 6 heteroatoms. The van der Waals surface area contributed by atoms with Gasteiger partial charge in [0.15, 0.2) is 0 Å². The van der Waals surface area contributed by atoms with Crippen LogP contribution in [-0.4, -0.2) is 11.8 Å². The molecule has 0 heterocycles. The Labute approximate surface area is 117 Å². The summed E-state index contributed by atoms with van der Waals surface area (Å²) in [6.07, 6.45) is 0. The summed E-state index contributed by atoms with van der Waals surface area (Å²) in [7, 11) is 0. The lowest BCUT2D eigenvalue weighted by molar-refractivity contribution is -0.118. The summed E-state index contributed by atoms with van der Waals surface area (Å²) in [6, 6.07) is 3.40. The molecule has 1 rings (SSSR count). The minimum absolute atomic E-state index is 0.185. The van der Waals surface area contributed by atoms with Gasteiger partial charge in [-0.15, -0.1) is 11.6 Å². The van der Waals surface area contributed by atoms with E-state index < -0.39 is 0 Å². The molecule has 1 atom stereocenters. The number of carbonyl (C=O) groups excluding carboxylic acids is 1. The highest BCUT2D eigenvalue weighted by Crippen LogP contribution is 2.35. The quantitative estimate of drug-likeness (QED) is 0.631. The molecular weight excluding hydrogens is 336 g/mol. The first kappa shape index (κ1) is 14.1. The number of amides is 1. The average molecular weight is 345 g/mol. The molecule has 88 valence electrons. The van der Waals surface area contributed by atoms with Crippen LogP contribution in [0.3, 0.4) is 0 Å². The molecule has 0 aliphatic carbocycles. The standard InChI is InChI=1S/C10H9BrCl3NO/c1-5(4-12)10(16)15-7-3-2-6(11)8(13)9(7)14/h2-3,5H,4H2,1H3,(H,15,16).